The van der Waals surface area contributed by atoms with Gasteiger partial charge in [-0.15, -0.1) is 0 Å². The quantitative estimate of drug-likeness (QED) is 0.925. The zero-order valence-corrected chi connectivity index (χ0v) is 12.1. The van der Waals surface area contributed by atoms with E-state index in [1.807, 2.05) is 0 Å². The minimum Gasteiger partial charge on any atom is -0.304 e. The molecule has 1 N–H and O–H groups in total. The second-order valence-electron chi connectivity index (χ2n) is 6.30. The first-order valence-electron chi connectivity index (χ1n) is 7.87. The molecule has 4 heteroatoms. The molecule has 1 aliphatic heterocycles. The molecule has 3 atom stereocenters. The second kappa shape index (κ2) is 6.22. The van der Waals surface area contributed by atoms with Gasteiger partial charge in [0.15, 0.2) is 17.4 Å². The van der Waals surface area contributed by atoms with Crippen molar-refractivity contribution in [2.75, 3.05) is 0 Å². The zero-order valence-electron chi connectivity index (χ0n) is 12.1. The lowest BCUT2D eigenvalue weighted by Gasteiger charge is -2.40. The Hall–Kier alpha value is -1.29. The summed E-state index contributed by atoms with van der Waals surface area (Å²) in [6.45, 7) is 0. The molecule has 0 aromatic heterocycles. The fourth-order valence-corrected chi connectivity index (χ4v) is 3.74. The Bertz CT molecular complexity index is 532. The number of hydrogen-bond acceptors (Lipinski definition) is 2. The zero-order chi connectivity index (χ0) is 14.8. The standard InChI is InChI=1S/C17H21F2NO/c18-13-6-3-5-12(17(13)19)10-16(21)15-9-8-11-4-1-2-7-14(11)20-15/h3,5-6,11,14-15,20H,1-2,4,7-10H2. The summed E-state index contributed by atoms with van der Waals surface area (Å²) in [4.78, 5) is 12.4. The van der Waals surface area contributed by atoms with Crippen molar-refractivity contribution in [2.45, 2.75) is 57.0 Å². The maximum absolute atomic E-state index is 13.7. The topological polar surface area (TPSA) is 29.1 Å². The van der Waals surface area contributed by atoms with Crippen LogP contribution in [-0.4, -0.2) is 17.9 Å². The Balaban J connectivity index is 1.64. The number of ketones is 1. The Morgan fingerprint density at radius 1 is 1.14 bits per heavy atom. The predicted octanol–water partition coefficient (Wildman–Crippen LogP) is 3.39. The molecular weight excluding hydrogens is 272 g/mol. The maximum Gasteiger partial charge on any atom is 0.162 e. The molecule has 1 heterocycles. The lowest BCUT2D eigenvalue weighted by Crippen LogP contribution is -2.52. The smallest absolute Gasteiger partial charge is 0.162 e. The van der Waals surface area contributed by atoms with E-state index in [0.717, 1.165) is 25.3 Å². The van der Waals surface area contributed by atoms with Crippen molar-refractivity contribution in [1.29, 1.82) is 0 Å². The van der Waals surface area contributed by atoms with Gasteiger partial charge in [0.25, 0.3) is 0 Å². The van der Waals surface area contributed by atoms with E-state index in [0.29, 0.717) is 12.0 Å². The highest BCUT2D eigenvalue weighted by molar-refractivity contribution is 5.86. The molecule has 3 unspecified atom stereocenters. The summed E-state index contributed by atoms with van der Waals surface area (Å²) in [5.74, 6) is -1.11. The number of carbonyl (C=O) groups is 1. The van der Waals surface area contributed by atoms with E-state index in [9.17, 15) is 13.6 Å². The fraction of sp³-hybridized carbons (Fsp3) is 0.588. The third kappa shape index (κ3) is 3.15. The van der Waals surface area contributed by atoms with Crippen LogP contribution in [0.15, 0.2) is 18.2 Å². The average molecular weight is 293 g/mol. The average Bonchev–Trinajstić information content (AvgIpc) is 2.51. The van der Waals surface area contributed by atoms with Crippen molar-refractivity contribution >= 4 is 5.78 Å². The van der Waals surface area contributed by atoms with Crippen LogP contribution in [0.1, 0.15) is 44.1 Å². The van der Waals surface area contributed by atoms with E-state index in [2.05, 4.69) is 5.32 Å². The van der Waals surface area contributed by atoms with Crippen LogP contribution in [0.4, 0.5) is 8.78 Å². The molecule has 1 aliphatic carbocycles. The molecule has 21 heavy (non-hydrogen) atoms. The summed E-state index contributed by atoms with van der Waals surface area (Å²) in [6, 6.07) is 4.25. The Labute approximate surface area is 123 Å². The molecule has 0 bridgehead atoms. The van der Waals surface area contributed by atoms with Gasteiger partial charge in [0.05, 0.1) is 6.04 Å². The van der Waals surface area contributed by atoms with Crippen molar-refractivity contribution in [3.05, 3.63) is 35.4 Å². The summed E-state index contributed by atoms with van der Waals surface area (Å²) in [5, 5.41) is 3.44. The third-order valence-electron chi connectivity index (χ3n) is 4.94. The minimum absolute atomic E-state index is 0.0245. The summed E-state index contributed by atoms with van der Waals surface area (Å²) < 4.78 is 26.8. The lowest BCUT2D eigenvalue weighted by molar-refractivity contribution is -0.121. The molecule has 1 saturated heterocycles. The van der Waals surface area contributed by atoms with E-state index >= 15 is 0 Å². The Morgan fingerprint density at radius 3 is 2.81 bits per heavy atom. The van der Waals surface area contributed by atoms with Gasteiger partial charge >= 0.3 is 0 Å². The molecule has 2 aliphatic rings. The van der Waals surface area contributed by atoms with Gasteiger partial charge in [0.2, 0.25) is 0 Å². The predicted molar refractivity (Wildman–Crippen MR) is 77.0 cm³/mol. The Kier molecular flexibility index (Phi) is 4.34. The fourth-order valence-electron chi connectivity index (χ4n) is 3.74. The molecule has 2 fully saturated rings. The highest BCUT2D eigenvalue weighted by Gasteiger charge is 2.34. The van der Waals surface area contributed by atoms with Crippen molar-refractivity contribution < 1.29 is 13.6 Å². The number of carbonyl (C=O) groups excluding carboxylic acids is 1. The molecule has 2 nitrogen and oxygen atoms in total. The van der Waals surface area contributed by atoms with Gasteiger partial charge in [0.1, 0.15) is 0 Å². The first-order valence-corrected chi connectivity index (χ1v) is 7.87. The molecule has 1 aromatic rings. The van der Waals surface area contributed by atoms with Crippen molar-refractivity contribution in [1.82, 2.24) is 5.32 Å². The third-order valence-corrected chi connectivity index (χ3v) is 4.94. The van der Waals surface area contributed by atoms with E-state index in [4.69, 9.17) is 0 Å². The normalized spacial score (nSPS) is 29.0. The largest absolute Gasteiger partial charge is 0.304 e. The van der Waals surface area contributed by atoms with Crippen LogP contribution in [0.3, 0.4) is 0 Å². The van der Waals surface area contributed by atoms with Gasteiger partial charge in [0, 0.05) is 12.5 Å². The molecule has 3 rings (SSSR count). The highest BCUT2D eigenvalue weighted by Crippen LogP contribution is 2.32. The van der Waals surface area contributed by atoms with Gasteiger partial charge in [-0.1, -0.05) is 25.0 Å². The molecule has 114 valence electrons. The summed E-state index contributed by atoms with van der Waals surface area (Å²) in [7, 11) is 0. The maximum atomic E-state index is 13.7. The molecule has 0 radical (unpaired) electrons. The number of nitrogens with one attached hydrogen (secondary N) is 1. The summed E-state index contributed by atoms with van der Waals surface area (Å²) >= 11 is 0. The molecule has 0 amide bonds. The number of piperidine rings is 1. The second-order valence-corrected chi connectivity index (χ2v) is 6.30. The number of hydrogen-bond donors (Lipinski definition) is 1. The first kappa shape index (κ1) is 14.6. The lowest BCUT2D eigenvalue weighted by atomic mass is 9.77. The van der Waals surface area contributed by atoms with Crippen molar-refractivity contribution in [2.24, 2.45) is 5.92 Å². The van der Waals surface area contributed by atoms with E-state index in [1.165, 1.54) is 31.4 Å². The molecular formula is C17H21F2NO. The molecule has 1 saturated carbocycles. The summed E-state index contributed by atoms with van der Waals surface area (Å²) in [6.07, 6.45) is 6.73. The number of rotatable bonds is 3. The Morgan fingerprint density at radius 2 is 1.95 bits per heavy atom. The number of fused-ring (bicyclic) bond motifs is 1. The minimum atomic E-state index is -0.891. The van der Waals surface area contributed by atoms with Crippen LogP contribution in [0.2, 0.25) is 0 Å². The molecule has 1 aromatic carbocycles. The van der Waals surface area contributed by atoms with Gasteiger partial charge < -0.3 is 5.32 Å². The van der Waals surface area contributed by atoms with E-state index < -0.39 is 11.6 Å². The van der Waals surface area contributed by atoms with Gasteiger partial charge in [-0.2, -0.15) is 0 Å². The SMILES string of the molecule is O=C(Cc1cccc(F)c1F)C1CCC2CCCCC2N1. The van der Waals surface area contributed by atoms with Crippen LogP contribution < -0.4 is 5.32 Å². The van der Waals surface area contributed by atoms with Gasteiger partial charge in [-0.25, -0.2) is 8.78 Å². The number of halogens is 2. The van der Waals surface area contributed by atoms with Gasteiger partial charge in [-0.3, -0.25) is 4.79 Å². The van der Waals surface area contributed by atoms with E-state index in [-0.39, 0.29) is 23.8 Å². The van der Waals surface area contributed by atoms with Crippen molar-refractivity contribution in [3.63, 3.8) is 0 Å². The summed E-state index contributed by atoms with van der Waals surface area (Å²) in [5.41, 5.74) is 0.160. The first-order chi connectivity index (χ1) is 10.1. The van der Waals surface area contributed by atoms with Crippen LogP contribution in [0, 0.1) is 17.6 Å². The van der Waals surface area contributed by atoms with Crippen LogP contribution in [-0.2, 0) is 11.2 Å². The number of Topliss-reactive ketones (excluding diaryl/α,β-unsaturated/α-hetero) is 1. The van der Waals surface area contributed by atoms with Gasteiger partial charge in [-0.05, 0) is 43.2 Å². The van der Waals surface area contributed by atoms with Crippen LogP contribution >= 0.6 is 0 Å². The highest BCUT2D eigenvalue weighted by atomic mass is 19.2. The van der Waals surface area contributed by atoms with Crippen LogP contribution in [0.5, 0.6) is 0 Å². The number of benzene rings is 1. The van der Waals surface area contributed by atoms with Crippen molar-refractivity contribution in [3.8, 4) is 0 Å². The molecule has 0 spiro atoms. The van der Waals surface area contributed by atoms with E-state index in [1.54, 1.807) is 0 Å². The monoisotopic (exact) mass is 293 g/mol. The van der Waals surface area contributed by atoms with Crippen LogP contribution in [0.25, 0.3) is 0 Å².